The number of nitrogens with one attached hydrogen (secondary N) is 1. The van der Waals surface area contributed by atoms with Crippen LogP contribution in [0.25, 0.3) is 0 Å². The van der Waals surface area contributed by atoms with Crippen LogP contribution in [0.3, 0.4) is 0 Å². The molecule has 2 saturated heterocycles. The van der Waals surface area contributed by atoms with Crippen molar-refractivity contribution in [3.63, 3.8) is 0 Å². The number of amides is 1. The standard InChI is InChI=1S/C13H24N2O2S/c1-12(2,3)17-11(16)15-8-4-6-13(10-15)14-7-5-9-18-13/h14H,4-10H2,1-3H3. The van der Waals surface area contributed by atoms with Crippen molar-refractivity contribution in [2.75, 3.05) is 25.4 Å². The second-order valence-corrected chi connectivity index (χ2v) is 7.61. The molecule has 0 bridgehead atoms. The lowest BCUT2D eigenvalue weighted by atomic mass is 10.0. The summed E-state index contributed by atoms with van der Waals surface area (Å²) >= 11 is 1.97. The lowest BCUT2D eigenvalue weighted by molar-refractivity contribution is 0.0170. The van der Waals surface area contributed by atoms with Crippen LogP contribution >= 0.6 is 11.8 Å². The number of carbonyl (C=O) groups excluding carboxylic acids is 1. The number of piperidine rings is 1. The first-order valence-corrected chi connectivity index (χ1v) is 7.76. The first kappa shape index (κ1) is 14.0. The van der Waals surface area contributed by atoms with E-state index in [9.17, 15) is 4.79 Å². The van der Waals surface area contributed by atoms with E-state index in [2.05, 4.69) is 5.32 Å². The van der Waals surface area contributed by atoms with Gasteiger partial charge in [-0.1, -0.05) is 0 Å². The Morgan fingerprint density at radius 3 is 2.78 bits per heavy atom. The van der Waals surface area contributed by atoms with Crippen LogP contribution in [0.5, 0.6) is 0 Å². The zero-order chi connectivity index (χ0) is 13.2. The maximum Gasteiger partial charge on any atom is 0.410 e. The number of hydrogen-bond acceptors (Lipinski definition) is 4. The van der Waals surface area contributed by atoms with Gasteiger partial charge < -0.3 is 15.0 Å². The van der Waals surface area contributed by atoms with Crippen molar-refractivity contribution in [1.82, 2.24) is 10.2 Å². The van der Waals surface area contributed by atoms with Gasteiger partial charge in [0.05, 0.1) is 11.4 Å². The third kappa shape index (κ3) is 3.54. The smallest absolute Gasteiger partial charge is 0.410 e. The minimum atomic E-state index is -0.408. The summed E-state index contributed by atoms with van der Waals surface area (Å²) in [5.41, 5.74) is -0.408. The van der Waals surface area contributed by atoms with Crippen molar-refractivity contribution in [2.45, 2.75) is 50.5 Å². The monoisotopic (exact) mass is 272 g/mol. The molecule has 18 heavy (non-hydrogen) atoms. The van der Waals surface area contributed by atoms with Crippen LogP contribution in [0.2, 0.25) is 0 Å². The summed E-state index contributed by atoms with van der Waals surface area (Å²) in [5.74, 6) is 1.19. The van der Waals surface area contributed by atoms with Gasteiger partial charge in [0.1, 0.15) is 5.60 Å². The molecule has 2 fully saturated rings. The molecule has 1 amide bonds. The van der Waals surface area contributed by atoms with Crippen LogP contribution in [0.1, 0.15) is 40.0 Å². The highest BCUT2D eigenvalue weighted by Crippen LogP contribution is 2.35. The van der Waals surface area contributed by atoms with E-state index in [1.54, 1.807) is 0 Å². The molecular formula is C13H24N2O2S. The van der Waals surface area contributed by atoms with Crippen molar-refractivity contribution in [1.29, 1.82) is 0 Å². The fourth-order valence-corrected chi connectivity index (χ4v) is 3.89. The van der Waals surface area contributed by atoms with Gasteiger partial charge in [-0.3, -0.25) is 0 Å². The van der Waals surface area contributed by atoms with Crippen molar-refractivity contribution < 1.29 is 9.53 Å². The van der Waals surface area contributed by atoms with Gasteiger partial charge in [-0.25, -0.2) is 4.79 Å². The average Bonchev–Trinajstić information content (AvgIpc) is 2.28. The minimum absolute atomic E-state index is 0.0768. The van der Waals surface area contributed by atoms with Gasteiger partial charge in [0.2, 0.25) is 0 Å². The van der Waals surface area contributed by atoms with Gasteiger partial charge >= 0.3 is 6.09 Å². The first-order valence-electron chi connectivity index (χ1n) is 6.77. The van der Waals surface area contributed by atoms with Gasteiger partial charge in [-0.2, -0.15) is 0 Å². The number of hydrogen-bond donors (Lipinski definition) is 1. The van der Waals surface area contributed by atoms with E-state index in [-0.39, 0.29) is 11.0 Å². The molecule has 5 heteroatoms. The molecule has 0 aromatic carbocycles. The molecule has 2 aliphatic heterocycles. The molecule has 4 nitrogen and oxygen atoms in total. The predicted molar refractivity (Wildman–Crippen MR) is 74.8 cm³/mol. The van der Waals surface area contributed by atoms with E-state index < -0.39 is 5.60 Å². The Morgan fingerprint density at radius 2 is 2.17 bits per heavy atom. The van der Waals surface area contributed by atoms with Gasteiger partial charge in [-0.15, -0.1) is 11.8 Å². The van der Waals surface area contributed by atoms with Gasteiger partial charge in [0.25, 0.3) is 0 Å². The SMILES string of the molecule is CC(C)(C)OC(=O)N1CCCC2(C1)NCCCS2. The number of ether oxygens (including phenoxy) is 1. The topological polar surface area (TPSA) is 41.6 Å². The van der Waals surface area contributed by atoms with E-state index >= 15 is 0 Å². The summed E-state index contributed by atoms with van der Waals surface area (Å²) in [5, 5.41) is 3.60. The normalized spacial score (nSPS) is 29.4. The summed E-state index contributed by atoms with van der Waals surface area (Å²) in [6.07, 6.45) is 3.25. The van der Waals surface area contributed by atoms with Crippen LogP contribution in [0.4, 0.5) is 4.79 Å². The van der Waals surface area contributed by atoms with Crippen LogP contribution in [0.15, 0.2) is 0 Å². The van der Waals surface area contributed by atoms with E-state index in [0.717, 1.165) is 32.5 Å². The molecule has 1 unspecified atom stereocenters. The third-order valence-corrected chi connectivity index (χ3v) is 4.78. The Morgan fingerprint density at radius 1 is 1.39 bits per heavy atom. The molecule has 0 aliphatic carbocycles. The van der Waals surface area contributed by atoms with Crippen LogP contribution in [0, 0.1) is 0 Å². The molecule has 2 rings (SSSR count). The molecule has 0 saturated carbocycles. The molecule has 2 aliphatic rings. The average molecular weight is 272 g/mol. The summed E-state index contributed by atoms with van der Waals surface area (Å²) in [7, 11) is 0. The molecule has 0 radical (unpaired) electrons. The molecule has 1 atom stereocenters. The number of rotatable bonds is 0. The van der Waals surface area contributed by atoms with Gasteiger partial charge in [0, 0.05) is 6.54 Å². The first-order chi connectivity index (χ1) is 8.40. The number of thioether (sulfide) groups is 1. The highest BCUT2D eigenvalue weighted by Gasteiger charge is 2.39. The van der Waals surface area contributed by atoms with Crippen molar-refractivity contribution >= 4 is 17.9 Å². The molecule has 0 aromatic heterocycles. The maximum atomic E-state index is 12.1. The van der Waals surface area contributed by atoms with Crippen LogP contribution < -0.4 is 5.32 Å². The van der Waals surface area contributed by atoms with E-state index in [1.807, 2.05) is 37.4 Å². The fraction of sp³-hybridized carbons (Fsp3) is 0.923. The number of carbonyl (C=O) groups is 1. The Hall–Kier alpha value is -0.420. The highest BCUT2D eigenvalue weighted by molar-refractivity contribution is 8.00. The predicted octanol–water partition coefficient (Wildman–Crippen LogP) is 2.44. The van der Waals surface area contributed by atoms with Gasteiger partial charge in [0.15, 0.2) is 0 Å². The number of likely N-dealkylation sites (tertiary alicyclic amines) is 1. The summed E-state index contributed by atoms with van der Waals surface area (Å²) < 4.78 is 5.46. The zero-order valence-corrected chi connectivity index (χ0v) is 12.4. The molecule has 1 N–H and O–H groups in total. The second kappa shape index (κ2) is 5.29. The Balaban J connectivity index is 1.95. The van der Waals surface area contributed by atoms with Crippen LogP contribution in [-0.2, 0) is 4.74 Å². The highest BCUT2D eigenvalue weighted by atomic mass is 32.2. The van der Waals surface area contributed by atoms with Crippen LogP contribution in [-0.4, -0.2) is 46.9 Å². The van der Waals surface area contributed by atoms with Crippen molar-refractivity contribution in [2.24, 2.45) is 0 Å². The third-order valence-electron chi connectivity index (χ3n) is 3.25. The van der Waals surface area contributed by atoms with E-state index in [0.29, 0.717) is 0 Å². The fourth-order valence-electron chi connectivity index (χ4n) is 2.47. The van der Waals surface area contributed by atoms with Crippen molar-refractivity contribution in [3.05, 3.63) is 0 Å². The van der Waals surface area contributed by atoms with E-state index in [1.165, 1.54) is 12.2 Å². The number of nitrogens with zero attached hydrogens (tertiary/aromatic N) is 1. The van der Waals surface area contributed by atoms with E-state index in [4.69, 9.17) is 4.74 Å². The minimum Gasteiger partial charge on any atom is -0.444 e. The maximum absolute atomic E-state index is 12.1. The van der Waals surface area contributed by atoms with Gasteiger partial charge in [-0.05, 0) is 52.3 Å². The molecule has 104 valence electrons. The lowest BCUT2D eigenvalue weighted by Gasteiger charge is -2.45. The van der Waals surface area contributed by atoms with Crippen molar-refractivity contribution in [3.8, 4) is 0 Å². The summed E-state index contributed by atoms with van der Waals surface area (Å²) in [6.45, 7) is 8.40. The summed E-state index contributed by atoms with van der Waals surface area (Å²) in [6, 6.07) is 0. The summed E-state index contributed by atoms with van der Waals surface area (Å²) in [4.78, 5) is 14.0. The quantitative estimate of drug-likeness (QED) is 0.735. The largest absolute Gasteiger partial charge is 0.444 e. The Bertz CT molecular complexity index is 303. The molecule has 2 heterocycles. The second-order valence-electron chi connectivity index (χ2n) is 6.13. The lowest BCUT2D eigenvalue weighted by Crippen LogP contribution is -2.58. The molecular weight excluding hydrogens is 248 g/mol. The molecule has 1 spiro atoms. The zero-order valence-electron chi connectivity index (χ0n) is 11.6. The Kier molecular flexibility index (Phi) is 4.11. The Labute approximate surface area is 114 Å². The molecule has 0 aromatic rings.